The van der Waals surface area contributed by atoms with Gasteiger partial charge >= 0.3 is 11.8 Å². The van der Waals surface area contributed by atoms with Crippen LogP contribution >= 0.6 is 23.2 Å². The van der Waals surface area contributed by atoms with Gasteiger partial charge in [0.05, 0.1) is 31.1 Å². The highest BCUT2D eigenvalue weighted by Crippen LogP contribution is 2.27. The molecule has 0 fully saturated rings. The van der Waals surface area contributed by atoms with Crippen LogP contribution in [0.2, 0.25) is 10.0 Å². The van der Waals surface area contributed by atoms with Crippen LogP contribution in [-0.4, -0.2) is 32.2 Å². The highest BCUT2D eigenvalue weighted by atomic mass is 35.5. The monoisotopic (exact) mass is 395 g/mol. The lowest BCUT2D eigenvalue weighted by molar-refractivity contribution is -0.136. The highest BCUT2D eigenvalue weighted by Gasteiger charge is 2.14. The van der Waals surface area contributed by atoms with E-state index in [2.05, 4.69) is 15.8 Å². The second-order valence-corrected chi connectivity index (χ2v) is 5.74. The normalized spacial score (nSPS) is 10.5. The molecule has 7 nitrogen and oxygen atoms in total. The van der Waals surface area contributed by atoms with Crippen LogP contribution in [0.15, 0.2) is 41.5 Å². The summed E-state index contributed by atoms with van der Waals surface area (Å²) < 4.78 is 10.3. The molecule has 0 heterocycles. The summed E-state index contributed by atoms with van der Waals surface area (Å²) in [6, 6.07) is 9.57. The molecule has 0 spiro atoms. The number of nitrogens with zero attached hydrogens (tertiary/aromatic N) is 1. The number of rotatable bonds is 5. The van der Waals surface area contributed by atoms with Crippen molar-refractivity contribution in [1.29, 1.82) is 0 Å². The number of halogens is 2. The Balaban J connectivity index is 1.98. The zero-order chi connectivity index (χ0) is 19.1. The van der Waals surface area contributed by atoms with Gasteiger partial charge in [-0.05, 0) is 42.0 Å². The van der Waals surface area contributed by atoms with Crippen molar-refractivity contribution in [3.63, 3.8) is 0 Å². The Bertz CT molecular complexity index is 856. The van der Waals surface area contributed by atoms with Crippen LogP contribution in [-0.2, 0) is 9.59 Å². The number of benzene rings is 2. The molecule has 0 unspecified atom stereocenters. The van der Waals surface area contributed by atoms with Crippen molar-refractivity contribution in [1.82, 2.24) is 5.43 Å². The maximum atomic E-state index is 11.9. The summed E-state index contributed by atoms with van der Waals surface area (Å²) in [5, 5.41) is 6.72. The Kier molecular flexibility index (Phi) is 6.82. The number of methoxy groups -OCH3 is 2. The van der Waals surface area contributed by atoms with Crippen LogP contribution in [0.1, 0.15) is 5.56 Å². The average molecular weight is 396 g/mol. The molecule has 0 aliphatic rings. The molecule has 2 aromatic carbocycles. The molecule has 0 aromatic heterocycles. The lowest BCUT2D eigenvalue weighted by Crippen LogP contribution is -2.32. The molecule has 0 aliphatic carbocycles. The van der Waals surface area contributed by atoms with Crippen LogP contribution in [0.3, 0.4) is 0 Å². The number of anilines is 1. The predicted octanol–water partition coefficient (Wildman–Crippen LogP) is 3.10. The predicted molar refractivity (Wildman–Crippen MR) is 100 cm³/mol. The third kappa shape index (κ3) is 5.11. The van der Waals surface area contributed by atoms with Gasteiger partial charge in [0.2, 0.25) is 0 Å². The number of hydrogen-bond acceptors (Lipinski definition) is 5. The quantitative estimate of drug-likeness (QED) is 0.462. The van der Waals surface area contributed by atoms with E-state index in [0.717, 1.165) is 0 Å². The van der Waals surface area contributed by atoms with Gasteiger partial charge in [0, 0.05) is 5.02 Å². The minimum absolute atomic E-state index is 0.225. The van der Waals surface area contributed by atoms with Gasteiger partial charge in [-0.15, -0.1) is 0 Å². The summed E-state index contributed by atoms with van der Waals surface area (Å²) in [4.78, 5) is 23.7. The second kappa shape index (κ2) is 9.07. The molecule has 0 saturated heterocycles. The molecular weight excluding hydrogens is 381 g/mol. The first-order valence-electron chi connectivity index (χ1n) is 7.26. The van der Waals surface area contributed by atoms with E-state index < -0.39 is 11.8 Å². The van der Waals surface area contributed by atoms with E-state index in [0.29, 0.717) is 22.1 Å². The number of carbonyl (C=O) groups excluding carboxylic acids is 2. The summed E-state index contributed by atoms with van der Waals surface area (Å²) in [5.74, 6) is -0.820. The minimum Gasteiger partial charge on any atom is -0.493 e. The highest BCUT2D eigenvalue weighted by molar-refractivity contribution is 6.42. The molecule has 0 aliphatic heterocycles. The molecule has 136 valence electrons. The van der Waals surface area contributed by atoms with Crippen molar-refractivity contribution in [2.45, 2.75) is 0 Å². The first-order chi connectivity index (χ1) is 12.4. The van der Waals surface area contributed by atoms with E-state index in [-0.39, 0.29) is 10.7 Å². The van der Waals surface area contributed by atoms with E-state index in [1.54, 1.807) is 24.3 Å². The van der Waals surface area contributed by atoms with Gasteiger partial charge in [0.15, 0.2) is 11.5 Å². The lowest BCUT2D eigenvalue weighted by Gasteiger charge is -2.07. The first kappa shape index (κ1) is 19.6. The average Bonchev–Trinajstić information content (AvgIpc) is 2.64. The van der Waals surface area contributed by atoms with Crippen molar-refractivity contribution < 1.29 is 19.1 Å². The molecule has 2 amide bonds. The SMILES string of the molecule is COc1ccc(C=NNC(=O)C(=O)Nc2cc(Cl)ccc2Cl)cc1OC. The Hall–Kier alpha value is -2.77. The molecular formula is C17H15Cl2N3O4. The summed E-state index contributed by atoms with van der Waals surface area (Å²) >= 11 is 11.8. The number of ether oxygens (including phenoxy) is 2. The number of amides is 2. The smallest absolute Gasteiger partial charge is 0.329 e. The lowest BCUT2D eigenvalue weighted by atomic mass is 10.2. The van der Waals surface area contributed by atoms with Crippen LogP contribution < -0.4 is 20.2 Å². The topological polar surface area (TPSA) is 89.0 Å². The van der Waals surface area contributed by atoms with Gasteiger partial charge in [-0.1, -0.05) is 23.2 Å². The Morgan fingerprint density at radius 1 is 1.00 bits per heavy atom. The number of hydrazone groups is 1. The van der Waals surface area contributed by atoms with Crippen molar-refractivity contribution >= 4 is 46.9 Å². The zero-order valence-electron chi connectivity index (χ0n) is 13.9. The van der Waals surface area contributed by atoms with E-state index in [1.807, 2.05) is 0 Å². The van der Waals surface area contributed by atoms with Crippen molar-refractivity contribution in [3.05, 3.63) is 52.0 Å². The van der Waals surface area contributed by atoms with Gasteiger partial charge in [0.25, 0.3) is 0 Å². The molecule has 0 saturated carbocycles. The third-order valence-corrected chi connectivity index (χ3v) is 3.73. The number of nitrogens with one attached hydrogen (secondary N) is 2. The van der Waals surface area contributed by atoms with Crippen LogP contribution in [0.5, 0.6) is 11.5 Å². The summed E-state index contributed by atoms with van der Waals surface area (Å²) in [5.41, 5.74) is 2.99. The molecule has 9 heteroatoms. The Labute approximate surface area is 159 Å². The first-order valence-corrected chi connectivity index (χ1v) is 8.01. The molecule has 0 atom stereocenters. The fraction of sp³-hybridized carbons (Fsp3) is 0.118. The van der Waals surface area contributed by atoms with Crippen molar-refractivity contribution in [2.24, 2.45) is 5.10 Å². The van der Waals surface area contributed by atoms with E-state index in [1.165, 1.54) is 32.6 Å². The molecule has 26 heavy (non-hydrogen) atoms. The fourth-order valence-electron chi connectivity index (χ4n) is 1.92. The summed E-state index contributed by atoms with van der Waals surface area (Å²) in [7, 11) is 3.03. The van der Waals surface area contributed by atoms with E-state index >= 15 is 0 Å². The Morgan fingerprint density at radius 3 is 2.42 bits per heavy atom. The van der Waals surface area contributed by atoms with Crippen molar-refractivity contribution in [2.75, 3.05) is 19.5 Å². The Morgan fingerprint density at radius 2 is 1.73 bits per heavy atom. The minimum atomic E-state index is -0.960. The summed E-state index contributed by atoms with van der Waals surface area (Å²) in [6.07, 6.45) is 1.36. The maximum absolute atomic E-state index is 11.9. The fourth-order valence-corrected chi connectivity index (χ4v) is 2.26. The van der Waals surface area contributed by atoms with Gasteiger partial charge in [-0.25, -0.2) is 5.43 Å². The van der Waals surface area contributed by atoms with Gasteiger partial charge in [-0.3, -0.25) is 9.59 Å². The molecule has 0 bridgehead atoms. The van der Waals surface area contributed by atoms with Crippen LogP contribution in [0.4, 0.5) is 5.69 Å². The molecule has 2 N–H and O–H groups in total. The molecule has 2 aromatic rings. The van der Waals surface area contributed by atoms with Gasteiger partial charge < -0.3 is 14.8 Å². The summed E-state index contributed by atoms with van der Waals surface area (Å²) in [6.45, 7) is 0. The van der Waals surface area contributed by atoms with Gasteiger partial charge in [-0.2, -0.15) is 5.10 Å². The largest absolute Gasteiger partial charge is 0.493 e. The van der Waals surface area contributed by atoms with E-state index in [4.69, 9.17) is 32.7 Å². The number of hydrogen-bond donors (Lipinski definition) is 2. The third-order valence-electron chi connectivity index (χ3n) is 3.17. The second-order valence-electron chi connectivity index (χ2n) is 4.89. The standard InChI is InChI=1S/C17H15Cl2N3O4/c1-25-14-6-3-10(7-15(14)26-2)9-20-22-17(24)16(23)21-13-8-11(18)4-5-12(13)19/h3-9H,1-2H3,(H,21,23)(H,22,24). The molecule has 2 rings (SSSR count). The zero-order valence-corrected chi connectivity index (χ0v) is 15.4. The number of carbonyl (C=O) groups is 2. The van der Waals surface area contributed by atoms with E-state index in [9.17, 15) is 9.59 Å². The van der Waals surface area contributed by atoms with Gasteiger partial charge in [0.1, 0.15) is 0 Å². The maximum Gasteiger partial charge on any atom is 0.329 e. The van der Waals surface area contributed by atoms with Crippen LogP contribution in [0, 0.1) is 0 Å². The van der Waals surface area contributed by atoms with Crippen LogP contribution in [0.25, 0.3) is 0 Å². The molecule has 0 radical (unpaired) electrons. The van der Waals surface area contributed by atoms with Crippen molar-refractivity contribution in [3.8, 4) is 11.5 Å².